The zero-order chi connectivity index (χ0) is 13.8. The number of benzene rings is 2. The zero-order valence-electron chi connectivity index (χ0n) is 10.00. The van der Waals surface area contributed by atoms with Gasteiger partial charge in [-0.2, -0.15) is 0 Å². The van der Waals surface area contributed by atoms with Crippen molar-refractivity contribution in [3.8, 4) is 0 Å². The van der Waals surface area contributed by atoms with Gasteiger partial charge in [0.05, 0.1) is 0 Å². The van der Waals surface area contributed by atoms with E-state index < -0.39 is 0 Å². The Morgan fingerprint density at radius 3 is 2.53 bits per heavy atom. The van der Waals surface area contributed by atoms with Gasteiger partial charge in [0.15, 0.2) is 0 Å². The van der Waals surface area contributed by atoms with Crippen molar-refractivity contribution in [2.75, 3.05) is 0 Å². The van der Waals surface area contributed by atoms with Gasteiger partial charge in [0.25, 0.3) is 0 Å². The molecule has 0 fully saturated rings. The van der Waals surface area contributed by atoms with E-state index in [0.29, 0.717) is 22.9 Å². The first kappa shape index (κ1) is 14.6. The minimum absolute atomic E-state index is 0.127. The van der Waals surface area contributed by atoms with E-state index in [2.05, 4.69) is 15.9 Å². The van der Waals surface area contributed by atoms with Crippen molar-refractivity contribution in [2.24, 2.45) is 0 Å². The first-order valence-corrected chi connectivity index (χ1v) is 7.29. The Morgan fingerprint density at radius 2 is 1.84 bits per heavy atom. The molecule has 1 nitrogen and oxygen atoms in total. The van der Waals surface area contributed by atoms with Gasteiger partial charge in [-0.25, -0.2) is 0 Å². The van der Waals surface area contributed by atoms with Crippen LogP contribution in [-0.4, -0.2) is 5.78 Å². The summed E-state index contributed by atoms with van der Waals surface area (Å²) in [7, 11) is 0. The summed E-state index contributed by atoms with van der Waals surface area (Å²) < 4.78 is 0.974. The highest BCUT2D eigenvalue weighted by Gasteiger charge is 2.09. The molecule has 0 saturated carbocycles. The summed E-state index contributed by atoms with van der Waals surface area (Å²) in [6.07, 6.45) is 0.723. The number of carbonyl (C=O) groups excluding carboxylic acids is 1. The van der Waals surface area contributed by atoms with E-state index in [9.17, 15) is 4.79 Å². The van der Waals surface area contributed by atoms with Crippen molar-refractivity contribution in [3.05, 3.63) is 68.1 Å². The number of rotatable bonds is 4. The molecule has 98 valence electrons. The largest absolute Gasteiger partial charge is 0.299 e. The van der Waals surface area contributed by atoms with Gasteiger partial charge in [0.1, 0.15) is 5.78 Å². The Kier molecular flexibility index (Phi) is 5.03. The number of Topliss-reactive ketones (excluding diaryl/α,β-unsaturated/α-hetero) is 1. The Hall–Kier alpha value is -0.830. The molecule has 0 heterocycles. The summed E-state index contributed by atoms with van der Waals surface area (Å²) in [5.74, 6) is 0.127. The Balaban J connectivity index is 2.05. The molecule has 0 aliphatic rings. The maximum absolute atomic E-state index is 12.0. The molecular weight excluding hydrogens is 347 g/mol. The van der Waals surface area contributed by atoms with E-state index in [1.54, 1.807) is 18.2 Å². The number of hydrogen-bond donors (Lipinski definition) is 0. The lowest BCUT2D eigenvalue weighted by molar-refractivity contribution is -0.117. The summed E-state index contributed by atoms with van der Waals surface area (Å²) in [6, 6.07) is 12.9. The lowest BCUT2D eigenvalue weighted by Gasteiger charge is -2.05. The predicted octanol–water partition coefficient (Wildman–Crippen LogP) is 5.11. The van der Waals surface area contributed by atoms with Crippen LogP contribution in [0.5, 0.6) is 0 Å². The van der Waals surface area contributed by atoms with E-state index in [-0.39, 0.29) is 5.78 Å². The topological polar surface area (TPSA) is 17.1 Å². The van der Waals surface area contributed by atoms with Crippen LogP contribution in [-0.2, 0) is 17.6 Å². The maximum atomic E-state index is 12.0. The Labute approximate surface area is 130 Å². The lowest BCUT2D eigenvalue weighted by Crippen LogP contribution is -2.07. The van der Waals surface area contributed by atoms with Crippen molar-refractivity contribution in [3.63, 3.8) is 0 Å². The summed E-state index contributed by atoms with van der Waals surface area (Å²) in [5, 5.41) is 1.11. The minimum atomic E-state index is 0.127. The molecule has 0 atom stereocenters. The molecule has 19 heavy (non-hydrogen) atoms. The molecular formula is C15H11BrCl2O. The summed E-state index contributed by atoms with van der Waals surface area (Å²) >= 11 is 15.3. The molecule has 0 aromatic heterocycles. The van der Waals surface area contributed by atoms with Crippen LogP contribution in [0.3, 0.4) is 0 Å². The fourth-order valence-corrected chi connectivity index (χ4v) is 2.74. The number of carbonyl (C=O) groups is 1. The number of hydrogen-bond acceptors (Lipinski definition) is 1. The van der Waals surface area contributed by atoms with Gasteiger partial charge in [-0.05, 0) is 35.4 Å². The highest BCUT2D eigenvalue weighted by molar-refractivity contribution is 9.10. The normalized spacial score (nSPS) is 10.5. The lowest BCUT2D eigenvalue weighted by atomic mass is 10.0. The standard InChI is InChI=1S/C15H11BrCl2O/c16-12-3-1-2-10(6-12)7-14(19)8-11-4-5-13(17)9-15(11)18/h1-6,9H,7-8H2. The molecule has 2 aromatic carbocycles. The van der Waals surface area contributed by atoms with Crippen molar-refractivity contribution >= 4 is 44.9 Å². The third-order valence-electron chi connectivity index (χ3n) is 2.69. The number of halogens is 3. The van der Waals surface area contributed by atoms with Gasteiger partial charge >= 0.3 is 0 Å². The third kappa shape index (κ3) is 4.34. The predicted molar refractivity (Wildman–Crippen MR) is 83.0 cm³/mol. The molecule has 4 heteroatoms. The van der Waals surface area contributed by atoms with Crippen molar-refractivity contribution in [1.29, 1.82) is 0 Å². The third-order valence-corrected chi connectivity index (χ3v) is 3.77. The average Bonchev–Trinajstić information content (AvgIpc) is 2.33. The van der Waals surface area contributed by atoms with Gasteiger partial charge < -0.3 is 0 Å². The van der Waals surface area contributed by atoms with Crippen molar-refractivity contribution in [1.82, 2.24) is 0 Å². The summed E-state index contributed by atoms with van der Waals surface area (Å²) in [5.41, 5.74) is 1.80. The van der Waals surface area contributed by atoms with Crippen LogP contribution in [0.2, 0.25) is 10.0 Å². The van der Waals surface area contributed by atoms with E-state index in [0.717, 1.165) is 15.6 Å². The van der Waals surface area contributed by atoms with Gasteiger partial charge in [0, 0.05) is 27.4 Å². The second-order valence-corrected chi connectivity index (χ2v) is 6.02. The zero-order valence-corrected chi connectivity index (χ0v) is 13.1. The van der Waals surface area contributed by atoms with Gasteiger partial charge in [-0.1, -0.05) is 57.3 Å². The molecule has 2 aromatic rings. The van der Waals surface area contributed by atoms with Gasteiger partial charge in [-0.3, -0.25) is 4.79 Å². The monoisotopic (exact) mass is 356 g/mol. The molecule has 0 aliphatic heterocycles. The fraction of sp³-hybridized carbons (Fsp3) is 0.133. The minimum Gasteiger partial charge on any atom is -0.299 e. The Bertz CT molecular complexity index is 611. The molecule has 0 radical (unpaired) electrons. The molecule has 0 aliphatic carbocycles. The van der Waals surface area contributed by atoms with Crippen LogP contribution >= 0.6 is 39.1 Å². The molecule has 0 bridgehead atoms. The van der Waals surface area contributed by atoms with Crippen molar-refractivity contribution < 1.29 is 4.79 Å². The molecule has 0 unspecified atom stereocenters. The first-order valence-electron chi connectivity index (χ1n) is 5.74. The molecule has 0 spiro atoms. The van der Waals surface area contributed by atoms with Crippen LogP contribution in [0.4, 0.5) is 0 Å². The highest BCUT2D eigenvalue weighted by atomic mass is 79.9. The fourth-order valence-electron chi connectivity index (χ4n) is 1.81. The first-order chi connectivity index (χ1) is 9.04. The molecule has 0 N–H and O–H groups in total. The van der Waals surface area contributed by atoms with E-state index >= 15 is 0 Å². The van der Waals surface area contributed by atoms with Crippen LogP contribution in [0.25, 0.3) is 0 Å². The van der Waals surface area contributed by atoms with Crippen LogP contribution in [0, 0.1) is 0 Å². The smallest absolute Gasteiger partial charge is 0.141 e. The van der Waals surface area contributed by atoms with Crippen molar-refractivity contribution in [2.45, 2.75) is 12.8 Å². The molecule has 2 rings (SSSR count). The molecule has 0 saturated heterocycles. The SMILES string of the molecule is O=C(Cc1cccc(Br)c1)Cc1ccc(Cl)cc1Cl. The quantitative estimate of drug-likeness (QED) is 0.743. The second kappa shape index (κ2) is 6.56. The summed E-state index contributed by atoms with van der Waals surface area (Å²) in [6.45, 7) is 0. The van der Waals surface area contributed by atoms with E-state index in [1.807, 2.05) is 24.3 Å². The van der Waals surface area contributed by atoms with E-state index in [4.69, 9.17) is 23.2 Å². The highest BCUT2D eigenvalue weighted by Crippen LogP contribution is 2.22. The Morgan fingerprint density at radius 1 is 1.05 bits per heavy atom. The van der Waals surface area contributed by atoms with Gasteiger partial charge in [0.2, 0.25) is 0 Å². The van der Waals surface area contributed by atoms with Gasteiger partial charge in [-0.15, -0.1) is 0 Å². The van der Waals surface area contributed by atoms with Crippen LogP contribution in [0.1, 0.15) is 11.1 Å². The summed E-state index contributed by atoms with van der Waals surface area (Å²) in [4.78, 5) is 12.0. The van der Waals surface area contributed by atoms with E-state index in [1.165, 1.54) is 0 Å². The maximum Gasteiger partial charge on any atom is 0.141 e. The second-order valence-electron chi connectivity index (χ2n) is 4.26. The molecule has 0 amide bonds. The number of ketones is 1. The van der Waals surface area contributed by atoms with Crippen LogP contribution < -0.4 is 0 Å². The average molecular weight is 358 g/mol. The van der Waals surface area contributed by atoms with Crippen LogP contribution in [0.15, 0.2) is 46.9 Å².